The zero-order valence-electron chi connectivity index (χ0n) is 16.0. The zero-order chi connectivity index (χ0) is 20.0. The summed E-state index contributed by atoms with van der Waals surface area (Å²) in [4.78, 5) is 29.3. The van der Waals surface area contributed by atoms with E-state index in [9.17, 15) is 9.59 Å². The van der Waals surface area contributed by atoms with Gasteiger partial charge in [-0.25, -0.2) is 9.18 Å². The molecule has 1 aromatic carbocycles. The smallest absolute Gasteiger partial charge is 0.343 e. The minimum absolute atomic E-state index is 0.0796. The molecule has 0 atom stereocenters. The summed E-state index contributed by atoms with van der Waals surface area (Å²) >= 11 is 6.69. The Hall–Kier alpha value is -2.12. The first-order valence-electron chi connectivity index (χ1n) is 9.59. The monoisotopic (exact) mass is 407 g/mol. The average Bonchev–Trinajstić information content (AvgIpc) is 3.49. The van der Waals surface area contributed by atoms with Gasteiger partial charge in [-0.1, -0.05) is 11.6 Å². The third-order valence-electron chi connectivity index (χ3n) is 5.44. The molecular weight excluding hydrogens is 385 g/mol. The van der Waals surface area contributed by atoms with Crippen molar-refractivity contribution in [3.8, 4) is 0 Å². The Balaban J connectivity index is 1.92. The first kappa shape index (κ1) is 19.2. The van der Waals surface area contributed by atoms with Gasteiger partial charge in [-0.05, 0) is 32.9 Å². The van der Waals surface area contributed by atoms with Crippen molar-refractivity contribution in [2.24, 2.45) is 0 Å². The van der Waals surface area contributed by atoms with Crippen molar-refractivity contribution in [3.63, 3.8) is 0 Å². The Bertz CT molecular complexity index is 995. The molecule has 8 heteroatoms. The number of piperazine rings is 1. The highest BCUT2D eigenvalue weighted by atomic mass is 35.5. The summed E-state index contributed by atoms with van der Waals surface area (Å²) in [5.41, 5.74) is 0.206. The maximum atomic E-state index is 15.1. The van der Waals surface area contributed by atoms with Gasteiger partial charge in [-0.2, -0.15) is 0 Å². The fourth-order valence-electron chi connectivity index (χ4n) is 3.75. The Morgan fingerprint density at radius 3 is 2.57 bits per heavy atom. The molecule has 4 rings (SSSR count). The van der Waals surface area contributed by atoms with Crippen molar-refractivity contribution in [2.45, 2.75) is 25.8 Å². The van der Waals surface area contributed by atoms with Gasteiger partial charge in [0.05, 0.1) is 28.2 Å². The molecule has 1 saturated carbocycles. The van der Waals surface area contributed by atoms with E-state index < -0.39 is 17.2 Å². The lowest BCUT2D eigenvalue weighted by Gasteiger charge is -2.35. The van der Waals surface area contributed by atoms with E-state index in [-0.39, 0.29) is 28.6 Å². The Morgan fingerprint density at radius 1 is 1.29 bits per heavy atom. The zero-order valence-corrected chi connectivity index (χ0v) is 16.8. The van der Waals surface area contributed by atoms with Gasteiger partial charge in [0.2, 0.25) is 5.43 Å². The lowest BCUT2D eigenvalue weighted by atomic mass is 10.1. The van der Waals surface area contributed by atoms with Crippen LogP contribution in [0, 0.1) is 5.82 Å². The van der Waals surface area contributed by atoms with Gasteiger partial charge >= 0.3 is 5.97 Å². The van der Waals surface area contributed by atoms with Crippen molar-refractivity contribution < 1.29 is 13.9 Å². The molecule has 1 saturated heterocycles. The number of ether oxygens (including phenoxy) is 1. The number of benzene rings is 1. The van der Waals surface area contributed by atoms with Crippen molar-refractivity contribution in [1.82, 2.24) is 9.47 Å². The van der Waals surface area contributed by atoms with E-state index in [1.54, 1.807) is 6.92 Å². The number of nitrogens with zero attached hydrogens (tertiary/aromatic N) is 3. The highest BCUT2D eigenvalue weighted by Crippen LogP contribution is 2.42. The second kappa shape index (κ2) is 7.37. The van der Waals surface area contributed by atoms with Crippen LogP contribution in [0.1, 0.15) is 36.2 Å². The lowest BCUT2D eigenvalue weighted by Crippen LogP contribution is -2.45. The van der Waals surface area contributed by atoms with Crippen LogP contribution in [-0.4, -0.2) is 55.3 Å². The number of aromatic nitrogens is 1. The fourth-order valence-corrected chi connectivity index (χ4v) is 4.16. The fraction of sp³-hybridized carbons (Fsp3) is 0.500. The number of anilines is 1. The van der Waals surface area contributed by atoms with E-state index in [1.165, 1.54) is 12.3 Å². The van der Waals surface area contributed by atoms with Crippen LogP contribution in [0.5, 0.6) is 0 Å². The minimum Gasteiger partial charge on any atom is -0.462 e. The minimum atomic E-state index is -0.691. The molecule has 2 heterocycles. The normalized spacial score (nSPS) is 17.9. The van der Waals surface area contributed by atoms with Crippen molar-refractivity contribution in [1.29, 1.82) is 0 Å². The van der Waals surface area contributed by atoms with Crippen LogP contribution in [0.15, 0.2) is 17.1 Å². The Labute approximate surface area is 167 Å². The first-order valence-corrected chi connectivity index (χ1v) is 9.97. The van der Waals surface area contributed by atoms with E-state index >= 15 is 4.39 Å². The maximum Gasteiger partial charge on any atom is 0.343 e. The lowest BCUT2D eigenvalue weighted by molar-refractivity contribution is 0.0524. The number of carbonyl (C=O) groups excluding carboxylic acids is 1. The van der Waals surface area contributed by atoms with Crippen LogP contribution < -0.4 is 10.3 Å². The van der Waals surface area contributed by atoms with Crippen molar-refractivity contribution in [2.75, 3.05) is 44.7 Å². The van der Waals surface area contributed by atoms with Gasteiger partial charge in [0.15, 0.2) is 0 Å². The number of pyridine rings is 1. The number of rotatable bonds is 4. The van der Waals surface area contributed by atoms with Crippen LogP contribution in [0.25, 0.3) is 10.9 Å². The second-order valence-corrected chi connectivity index (χ2v) is 7.82. The van der Waals surface area contributed by atoms with Gasteiger partial charge in [0.25, 0.3) is 0 Å². The molecule has 6 nitrogen and oxygen atoms in total. The summed E-state index contributed by atoms with van der Waals surface area (Å²) in [6.07, 6.45) is 3.38. The number of halogens is 2. The number of hydrogen-bond acceptors (Lipinski definition) is 5. The number of carbonyl (C=O) groups is 1. The molecule has 28 heavy (non-hydrogen) atoms. The molecule has 1 aromatic heterocycles. The van der Waals surface area contributed by atoms with E-state index in [1.807, 2.05) is 16.5 Å². The number of esters is 1. The summed E-state index contributed by atoms with van der Waals surface area (Å²) in [6, 6.07) is 1.37. The predicted octanol–water partition coefficient (Wildman–Crippen LogP) is 3.06. The van der Waals surface area contributed by atoms with Gasteiger partial charge < -0.3 is 19.1 Å². The van der Waals surface area contributed by atoms with Crippen LogP contribution in [-0.2, 0) is 4.74 Å². The molecule has 2 aliphatic rings. The summed E-state index contributed by atoms with van der Waals surface area (Å²) < 4.78 is 21.9. The SMILES string of the molecule is CCOC(=O)c1cn(C2CC2)c2c(Cl)c(N3CCN(C)CC3)c(F)cc2c1=O. The van der Waals surface area contributed by atoms with Crippen LogP contribution in [0.2, 0.25) is 5.02 Å². The average molecular weight is 408 g/mol. The summed E-state index contributed by atoms with van der Waals surface area (Å²) in [5.74, 6) is -1.23. The standard InChI is InChI=1S/C20H23ClFN3O3/c1-3-28-20(27)14-11-25(12-4-5-12)17-13(19(14)26)10-15(22)18(16(17)21)24-8-6-23(2)7-9-24/h10-12H,3-9H2,1-2H3. The number of likely N-dealkylation sites (N-methyl/N-ethyl adjacent to an activating group) is 1. The van der Waals surface area contributed by atoms with Crippen LogP contribution in [0.3, 0.4) is 0 Å². The quantitative estimate of drug-likeness (QED) is 0.729. The number of fused-ring (bicyclic) bond motifs is 1. The molecule has 1 aliphatic heterocycles. The molecular formula is C20H23ClFN3O3. The predicted molar refractivity (Wildman–Crippen MR) is 107 cm³/mol. The molecule has 150 valence electrons. The van der Waals surface area contributed by atoms with Crippen LogP contribution >= 0.6 is 11.6 Å². The van der Waals surface area contributed by atoms with E-state index in [0.717, 1.165) is 25.9 Å². The van der Waals surface area contributed by atoms with Crippen molar-refractivity contribution >= 4 is 34.2 Å². The highest BCUT2D eigenvalue weighted by Gasteiger charge is 2.31. The maximum absolute atomic E-state index is 15.1. The topological polar surface area (TPSA) is 54.8 Å². The summed E-state index contributed by atoms with van der Waals surface area (Å²) in [7, 11) is 2.03. The third-order valence-corrected chi connectivity index (χ3v) is 5.80. The molecule has 1 aliphatic carbocycles. The molecule has 0 N–H and O–H groups in total. The molecule has 0 amide bonds. The summed E-state index contributed by atoms with van der Waals surface area (Å²) in [5, 5.41) is 0.358. The van der Waals surface area contributed by atoms with E-state index in [2.05, 4.69) is 4.90 Å². The van der Waals surface area contributed by atoms with Gasteiger partial charge in [-0.15, -0.1) is 0 Å². The van der Waals surface area contributed by atoms with Crippen molar-refractivity contribution in [3.05, 3.63) is 38.9 Å². The van der Waals surface area contributed by atoms with Gasteiger partial charge in [-0.3, -0.25) is 4.79 Å². The molecule has 0 spiro atoms. The summed E-state index contributed by atoms with van der Waals surface area (Å²) in [6.45, 7) is 4.78. The third kappa shape index (κ3) is 3.26. The van der Waals surface area contributed by atoms with E-state index in [4.69, 9.17) is 16.3 Å². The second-order valence-electron chi connectivity index (χ2n) is 7.44. The van der Waals surface area contributed by atoms with Gasteiger partial charge in [0, 0.05) is 38.4 Å². The molecule has 2 aromatic rings. The van der Waals surface area contributed by atoms with Gasteiger partial charge in [0.1, 0.15) is 11.4 Å². The van der Waals surface area contributed by atoms with E-state index in [0.29, 0.717) is 24.3 Å². The Kier molecular flexibility index (Phi) is 5.05. The molecule has 2 fully saturated rings. The largest absolute Gasteiger partial charge is 0.462 e. The molecule has 0 unspecified atom stereocenters. The number of hydrogen-bond donors (Lipinski definition) is 0. The molecule has 0 bridgehead atoms. The molecule has 0 radical (unpaired) electrons. The highest BCUT2D eigenvalue weighted by molar-refractivity contribution is 6.38. The Morgan fingerprint density at radius 2 is 1.96 bits per heavy atom. The first-order chi connectivity index (χ1) is 13.4. The van der Waals surface area contributed by atoms with Crippen LogP contribution in [0.4, 0.5) is 10.1 Å².